The van der Waals surface area contributed by atoms with E-state index in [-0.39, 0.29) is 10.9 Å². The summed E-state index contributed by atoms with van der Waals surface area (Å²) in [6.07, 6.45) is 3.30. The third-order valence-corrected chi connectivity index (χ3v) is 4.48. The van der Waals surface area contributed by atoms with Crippen molar-refractivity contribution in [2.75, 3.05) is 24.6 Å². The van der Waals surface area contributed by atoms with Gasteiger partial charge in [0.25, 0.3) is 0 Å². The van der Waals surface area contributed by atoms with Crippen LogP contribution in [0.4, 0.5) is 10.1 Å². The largest absolute Gasteiger partial charge is 0.487 e. The molecule has 0 spiro atoms. The van der Waals surface area contributed by atoms with E-state index in [2.05, 4.69) is 0 Å². The quantitative estimate of drug-likeness (QED) is 0.914. The van der Waals surface area contributed by atoms with Crippen molar-refractivity contribution in [1.82, 2.24) is 4.57 Å². The van der Waals surface area contributed by atoms with Gasteiger partial charge in [-0.2, -0.15) is 0 Å². The van der Waals surface area contributed by atoms with Gasteiger partial charge in [0.05, 0.1) is 17.4 Å². The summed E-state index contributed by atoms with van der Waals surface area (Å²) in [5, 5.41) is 9.24. The highest BCUT2D eigenvalue weighted by Gasteiger charge is 2.28. The van der Waals surface area contributed by atoms with E-state index in [1.54, 1.807) is 4.57 Å². The van der Waals surface area contributed by atoms with Crippen LogP contribution in [0.25, 0.3) is 10.9 Å². The molecule has 120 valence electrons. The molecule has 2 aliphatic rings. The van der Waals surface area contributed by atoms with Crippen molar-refractivity contribution >= 4 is 22.6 Å². The Morgan fingerprint density at radius 3 is 2.70 bits per heavy atom. The Hall–Kier alpha value is -2.57. The summed E-state index contributed by atoms with van der Waals surface area (Å²) in [7, 11) is 0. The first kappa shape index (κ1) is 14.0. The number of ether oxygens (including phenoxy) is 1. The number of pyridine rings is 1. The molecule has 0 saturated carbocycles. The molecular weight excluding hydrogens is 303 g/mol. The molecule has 3 heterocycles. The second-order valence-electron chi connectivity index (χ2n) is 5.85. The maximum Gasteiger partial charge on any atom is 0.341 e. The number of carbonyl (C=O) groups is 1. The Bertz CT molecular complexity index is 884. The van der Waals surface area contributed by atoms with E-state index in [0.717, 1.165) is 32.0 Å². The van der Waals surface area contributed by atoms with Crippen molar-refractivity contribution in [2.45, 2.75) is 19.4 Å². The molecule has 0 unspecified atom stereocenters. The van der Waals surface area contributed by atoms with Gasteiger partial charge in [-0.1, -0.05) is 0 Å². The molecular formula is C16H15FN2O4. The number of carboxylic acids is 1. The Labute approximate surface area is 130 Å². The molecule has 1 N–H and O–H groups in total. The molecule has 6 nitrogen and oxygen atoms in total. The van der Waals surface area contributed by atoms with Crippen LogP contribution < -0.4 is 15.1 Å². The summed E-state index contributed by atoms with van der Waals surface area (Å²) in [6.45, 7) is 2.23. The number of halogens is 1. The maximum atomic E-state index is 14.7. The Kier molecular flexibility index (Phi) is 3.04. The average Bonchev–Trinajstić information content (AvgIpc) is 3.04. The van der Waals surface area contributed by atoms with Gasteiger partial charge in [-0.05, 0) is 18.9 Å². The van der Waals surface area contributed by atoms with Crippen LogP contribution in [0.15, 0.2) is 17.1 Å². The number of benzene rings is 1. The van der Waals surface area contributed by atoms with Gasteiger partial charge >= 0.3 is 5.97 Å². The lowest BCUT2D eigenvalue weighted by Crippen LogP contribution is -2.27. The van der Waals surface area contributed by atoms with Gasteiger partial charge in [0.2, 0.25) is 5.43 Å². The number of aromatic nitrogens is 1. The van der Waals surface area contributed by atoms with Crippen LogP contribution in [-0.2, 0) is 6.54 Å². The van der Waals surface area contributed by atoms with E-state index in [4.69, 9.17) is 4.74 Å². The van der Waals surface area contributed by atoms with E-state index in [0.29, 0.717) is 30.1 Å². The summed E-state index contributed by atoms with van der Waals surface area (Å²) in [6, 6.07) is 1.15. The van der Waals surface area contributed by atoms with Crippen LogP contribution in [0.3, 0.4) is 0 Å². The molecule has 0 amide bonds. The third kappa shape index (κ3) is 1.99. The zero-order valence-corrected chi connectivity index (χ0v) is 12.3. The molecule has 2 aromatic rings. The molecule has 1 fully saturated rings. The van der Waals surface area contributed by atoms with Crippen molar-refractivity contribution in [2.24, 2.45) is 0 Å². The lowest BCUT2D eigenvalue weighted by molar-refractivity contribution is 0.0694. The van der Waals surface area contributed by atoms with E-state index in [1.165, 1.54) is 6.20 Å². The predicted octanol–water partition coefficient (Wildman–Crippen LogP) is 1.83. The maximum absolute atomic E-state index is 14.7. The lowest BCUT2D eigenvalue weighted by atomic mass is 10.1. The fourth-order valence-corrected chi connectivity index (χ4v) is 3.44. The van der Waals surface area contributed by atoms with Crippen molar-refractivity contribution in [1.29, 1.82) is 0 Å². The molecule has 2 aliphatic heterocycles. The van der Waals surface area contributed by atoms with E-state index >= 15 is 0 Å². The molecule has 23 heavy (non-hydrogen) atoms. The fraction of sp³-hybridized carbons (Fsp3) is 0.375. The second kappa shape index (κ2) is 4.97. The summed E-state index contributed by atoms with van der Waals surface area (Å²) in [5.41, 5.74) is -0.165. The SMILES string of the molecule is O=C(O)c1cn2c3c(c(N4CCCC4)c(F)cc3c1=O)OCC2. The first-order chi connectivity index (χ1) is 11.1. The predicted molar refractivity (Wildman–Crippen MR) is 82.1 cm³/mol. The van der Waals surface area contributed by atoms with Gasteiger partial charge in [0.15, 0.2) is 11.6 Å². The van der Waals surface area contributed by atoms with Gasteiger partial charge in [0, 0.05) is 19.3 Å². The number of carboxylic acid groups (broad SMARTS) is 1. The second-order valence-corrected chi connectivity index (χ2v) is 5.85. The van der Waals surface area contributed by atoms with Crippen LogP contribution in [-0.4, -0.2) is 35.3 Å². The van der Waals surface area contributed by atoms with Crippen LogP contribution >= 0.6 is 0 Å². The Morgan fingerprint density at radius 2 is 2.00 bits per heavy atom. The van der Waals surface area contributed by atoms with E-state index in [9.17, 15) is 19.1 Å². The van der Waals surface area contributed by atoms with E-state index < -0.39 is 17.2 Å². The summed E-state index contributed by atoms with van der Waals surface area (Å²) < 4.78 is 22.0. The fourth-order valence-electron chi connectivity index (χ4n) is 3.44. The minimum absolute atomic E-state index is 0.0556. The zero-order chi connectivity index (χ0) is 16.1. The van der Waals surface area contributed by atoms with Gasteiger partial charge in [-0.25, -0.2) is 9.18 Å². The molecule has 1 aromatic carbocycles. The minimum Gasteiger partial charge on any atom is -0.487 e. The first-order valence-corrected chi connectivity index (χ1v) is 7.58. The molecule has 7 heteroatoms. The van der Waals surface area contributed by atoms with Crippen LogP contribution in [0.1, 0.15) is 23.2 Å². The number of hydrogen-bond donors (Lipinski definition) is 1. The summed E-state index contributed by atoms with van der Waals surface area (Å²) >= 11 is 0. The summed E-state index contributed by atoms with van der Waals surface area (Å²) in [5.74, 6) is -1.50. The standard InChI is InChI=1S/C16H15FN2O4/c17-11-7-9-12-15(13(11)18-3-1-2-4-18)23-6-5-19(12)8-10(14(9)20)16(21)22/h7-8H,1-6H2,(H,21,22). The zero-order valence-electron chi connectivity index (χ0n) is 12.3. The highest BCUT2D eigenvalue weighted by atomic mass is 19.1. The molecule has 4 rings (SSSR count). The van der Waals surface area contributed by atoms with Crippen LogP contribution in [0.2, 0.25) is 0 Å². The number of hydrogen-bond acceptors (Lipinski definition) is 4. The van der Waals surface area contributed by atoms with Crippen molar-refractivity contribution in [3.8, 4) is 5.75 Å². The highest BCUT2D eigenvalue weighted by Crippen LogP contribution is 2.40. The van der Waals surface area contributed by atoms with Crippen molar-refractivity contribution < 1.29 is 19.0 Å². The van der Waals surface area contributed by atoms with Gasteiger partial charge in [0.1, 0.15) is 17.9 Å². The van der Waals surface area contributed by atoms with Gasteiger partial charge in [-0.3, -0.25) is 4.79 Å². The van der Waals surface area contributed by atoms with Gasteiger partial charge < -0.3 is 19.3 Å². The molecule has 0 radical (unpaired) electrons. The highest BCUT2D eigenvalue weighted by molar-refractivity contribution is 5.97. The smallest absolute Gasteiger partial charge is 0.341 e. The lowest BCUT2D eigenvalue weighted by Gasteiger charge is -2.27. The molecule has 0 bridgehead atoms. The van der Waals surface area contributed by atoms with Crippen LogP contribution in [0.5, 0.6) is 5.75 Å². The van der Waals surface area contributed by atoms with Crippen molar-refractivity contribution in [3.05, 3.63) is 33.9 Å². The minimum atomic E-state index is -1.31. The Morgan fingerprint density at radius 1 is 1.26 bits per heavy atom. The van der Waals surface area contributed by atoms with Gasteiger partial charge in [-0.15, -0.1) is 0 Å². The number of anilines is 1. The van der Waals surface area contributed by atoms with Crippen molar-refractivity contribution in [3.63, 3.8) is 0 Å². The monoisotopic (exact) mass is 318 g/mol. The molecule has 1 aromatic heterocycles. The van der Waals surface area contributed by atoms with E-state index in [1.807, 2.05) is 4.90 Å². The number of rotatable bonds is 2. The Balaban J connectivity index is 2.08. The number of nitrogens with zero attached hydrogens (tertiary/aromatic N) is 2. The third-order valence-electron chi connectivity index (χ3n) is 4.48. The van der Waals surface area contributed by atoms with Crippen LogP contribution in [0, 0.1) is 5.82 Å². The topological polar surface area (TPSA) is 71.8 Å². The molecule has 0 atom stereocenters. The molecule has 0 aliphatic carbocycles. The average molecular weight is 318 g/mol. The first-order valence-electron chi connectivity index (χ1n) is 7.58. The summed E-state index contributed by atoms with van der Waals surface area (Å²) in [4.78, 5) is 25.5. The molecule has 1 saturated heterocycles. The normalized spacial score (nSPS) is 16.7. The number of aromatic carboxylic acids is 1.